The molecule has 1 aromatic carbocycles. The molecule has 1 aromatic rings. The number of nitrogens with zero attached hydrogens (tertiary/aromatic N) is 2. The van der Waals surface area contributed by atoms with E-state index in [1.165, 1.54) is 0 Å². The van der Waals surface area contributed by atoms with Gasteiger partial charge in [0.05, 0.1) is 17.9 Å². The van der Waals surface area contributed by atoms with Crippen LogP contribution in [0.3, 0.4) is 0 Å². The number of carbonyl (C=O) groups excluding carboxylic acids is 2. The van der Waals surface area contributed by atoms with Crippen molar-refractivity contribution in [3.8, 4) is 5.75 Å². The summed E-state index contributed by atoms with van der Waals surface area (Å²) < 4.78 is 5.75. The highest BCUT2D eigenvalue weighted by molar-refractivity contribution is 5.89. The molecule has 2 aliphatic heterocycles. The molecule has 2 heterocycles. The van der Waals surface area contributed by atoms with Gasteiger partial charge in [-0.05, 0) is 56.7 Å². The van der Waals surface area contributed by atoms with Crippen LogP contribution in [0, 0.1) is 11.8 Å². The van der Waals surface area contributed by atoms with Gasteiger partial charge in [0.25, 0.3) is 0 Å². The van der Waals surface area contributed by atoms with E-state index in [1.54, 1.807) is 0 Å². The summed E-state index contributed by atoms with van der Waals surface area (Å²) in [6.07, 6.45) is 2.98. The third-order valence-corrected chi connectivity index (χ3v) is 5.94. The summed E-state index contributed by atoms with van der Waals surface area (Å²) in [5.41, 5.74) is 0.353. The van der Waals surface area contributed by atoms with Gasteiger partial charge in [-0.1, -0.05) is 26.0 Å². The molecular formula is C23H34N2O3. The molecule has 2 aliphatic rings. The molecule has 2 amide bonds. The van der Waals surface area contributed by atoms with Gasteiger partial charge in [0.1, 0.15) is 5.75 Å². The van der Waals surface area contributed by atoms with E-state index in [0.717, 1.165) is 43.7 Å². The molecule has 0 spiro atoms. The van der Waals surface area contributed by atoms with E-state index < -0.39 is 5.41 Å². The van der Waals surface area contributed by atoms with Gasteiger partial charge < -0.3 is 14.5 Å². The highest BCUT2D eigenvalue weighted by atomic mass is 16.5. The molecule has 3 rings (SSSR count). The van der Waals surface area contributed by atoms with Crippen molar-refractivity contribution in [3.05, 3.63) is 29.8 Å². The second-order valence-electron chi connectivity index (χ2n) is 9.12. The standard InChI is InChI=1S/C23H34N2O3/c1-17(2)16-28-20-9-7-19(8-10-20)23(3,4)22(27)25-14-11-18(15-25)21(26)24-12-5-6-13-24/h7-10,17-18H,5-6,11-16H2,1-4H3. The smallest absolute Gasteiger partial charge is 0.232 e. The molecule has 2 fully saturated rings. The Morgan fingerprint density at radius 2 is 1.71 bits per heavy atom. The molecule has 0 bridgehead atoms. The third kappa shape index (κ3) is 4.50. The van der Waals surface area contributed by atoms with Crippen molar-refractivity contribution in [1.29, 1.82) is 0 Å². The second-order valence-corrected chi connectivity index (χ2v) is 9.12. The summed E-state index contributed by atoms with van der Waals surface area (Å²) in [6, 6.07) is 7.85. The summed E-state index contributed by atoms with van der Waals surface area (Å²) in [5, 5.41) is 0. The lowest BCUT2D eigenvalue weighted by Gasteiger charge is -2.30. The van der Waals surface area contributed by atoms with Gasteiger partial charge in [-0.3, -0.25) is 9.59 Å². The zero-order valence-electron chi connectivity index (χ0n) is 17.7. The lowest BCUT2D eigenvalue weighted by atomic mass is 9.83. The van der Waals surface area contributed by atoms with E-state index >= 15 is 0 Å². The molecule has 1 unspecified atom stereocenters. The first kappa shape index (κ1) is 20.7. The molecule has 0 aliphatic carbocycles. The van der Waals surface area contributed by atoms with Gasteiger partial charge in [-0.15, -0.1) is 0 Å². The molecule has 2 saturated heterocycles. The Morgan fingerprint density at radius 3 is 2.32 bits per heavy atom. The van der Waals surface area contributed by atoms with E-state index in [-0.39, 0.29) is 17.7 Å². The number of rotatable bonds is 6. The fourth-order valence-electron chi connectivity index (χ4n) is 4.09. The SMILES string of the molecule is CC(C)COc1ccc(C(C)(C)C(=O)N2CCC(C(=O)N3CCCC3)C2)cc1. The molecule has 1 atom stereocenters. The number of likely N-dealkylation sites (tertiary alicyclic amines) is 2. The first-order valence-corrected chi connectivity index (χ1v) is 10.6. The lowest BCUT2D eigenvalue weighted by molar-refractivity contribution is -0.136. The Bertz CT molecular complexity index is 690. The Hall–Kier alpha value is -2.04. The van der Waals surface area contributed by atoms with Crippen LogP contribution < -0.4 is 4.74 Å². The predicted octanol–water partition coefficient (Wildman–Crippen LogP) is 3.47. The molecule has 0 saturated carbocycles. The summed E-state index contributed by atoms with van der Waals surface area (Å²) in [7, 11) is 0. The normalized spacial score (nSPS) is 20.1. The van der Waals surface area contributed by atoms with Crippen molar-refractivity contribution in [2.45, 2.75) is 52.4 Å². The minimum atomic E-state index is -0.623. The van der Waals surface area contributed by atoms with E-state index in [4.69, 9.17) is 4.74 Å². The van der Waals surface area contributed by atoms with Crippen molar-refractivity contribution in [3.63, 3.8) is 0 Å². The average Bonchev–Trinajstić information content (AvgIpc) is 3.37. The molecule has 5 heteroatoms. The minimum absolute atomic E-state index is 0.0374. The van der Waals surface area contributed by atoms with E-state index in [1.807, 2.05) is 47.9 Å². The van der Waals surface area contributed by atoms with Gasteiger partial charge in [-0.2, -0.15) is 0 Å². The summed E-state index contributed by atoms with van der Waals surface area (Å²) in [4.78, 5) is 29.7. The van der Waals surface area contributed by atoms with E-state index in [0.29, 0.717) is 25.6 Å². The van der Waals surface area contributed by atoms with Gasteiger partial charge in [0.2, 0.25) is 11.8 Å². The molecule has 5 nitrogen and oxygen atoms in total. The molecular weight excluding hydrogens is 352 g/mol. The highest BCUT2D eigenvalue weighted by Crippen LogP contribution is 2.31. The predicted molar refractivity (Wildman–Crippen MR) is 110 cm³/mol. The van der Waals surface area contributed by atoms with Crippen molar-refractivity contribution >= 4 is 11.8 Å². The third-order valence-electron chi connectivity index (χ3n) is 5.94. The first-order valence-electron chi connectivity index (χ1n) is 10.6. The summed E-state index contributed by atoms with van der Waals surface area (Å²) in [5.74, 6) is 1.60. The number of hydrogen-bond donors (Lipinski definition) is 0. The van der Waals surface area contributed by atoms with Crippen molar-refractivity contribution < 1.29 is 14.3 Å². The van der Waals surface area contributed by atoms with Crippen LogP contribution in [0.2, 0.25) is 0 Å². The van der Waals surface area contributed by atoms with Crippen LogP contribution in [0.25, 0.3) is 0 Å². The zero-order chi connectivity index (χ0) is 20.3. The number of carbonyl (C=O) groups is 2. The number of amides is 2. The Labute approximate surface area is 169 Å². The lowest BCUT2D eigenvalue weighted by Crippen LogP contribution is -2.43. The van der Waals surface area contributed by atoms with Crippen LogP contribution in [0.5, 0.6) is 5.75 Å². The van der Waals surface area contributed by atoms with Crippen LogP contribution in [-0.2, 0) is 15.0 Å². The van der Waals surface area contributed by atoms with Crippen molar-refractivity contribution in [2.24, 2.45) is 11.8 Å². The Morgan fingerprint density at radius 1 is 1.07 bits per heavy atom. The molecule has 154 valence electrons. The van der Waals surface area contributed by atoms with Crippen LogP contribution >= 0.6 is 0 Å². The number of hydrogen-bond acceptors (Lipinski definition) is 3. The maximum absolute atomic E-state index is 13.2. The van der Waals surface area contributed by atoms with Crippen LogP contribution in [0.1, 0.15) is 52.5 Å². The van der Waals surface area contributed by atoms with Gasteiger partial charge in [0.15, 0.2) is 0 Å². The van der Waals surface area contributed by atoms with E-state index in [9.17, 15) is 9.59 Å². The van der Waals surface area contributed by atoms with Crippen LogP contribution in [0.4, 0.5) is 0 Å². The van der Waals surface area contributed by atoms with Gasteiger partial charge >= 0.3 is 0 Å². The Balaban J connectivity index is 1.61. The molecule has 0 radical (unpaired) electrons. The quantitative estimate of drug-likeness (QED) is 0.752. The Kier molecular flexibility index (Phi) is 6.31. The fourth-order valence-corrected chi connectivity index (χ4v) is 4.09. The maximum Gasteiger partial charge on any atom is 0.232 e. The zero-order valence-corrected chi connectivity index (χ0v) is 17.7. The van der Waals surface area contributed by atoms with Crippen LogP contribution in [0.15, 0.2) is 24.3 Å². The van der Waals surface area contributed by atoms with Crippen molar-refractivity contribution in [2.75, 3.05) is 32.8 Å². The topological polar surface area (TPSA) is 49.9 Å². The largest absolute Gasteiger partial charge is 0.493 e. The minimum Gasteiger partial charge on any atom is -0.493 e. The van der Waals surface area contributed by atoms with E-state index in [2.05, 4.69) is 13.8 Å². The number of benzene rings is 1. The first-order chi connectivity index (χ1) is 13.3. The second kappa shape index (κ2) is 8.54. The summed E-state index contributed by atoms with van der Waals surface area (Å²) in [6.45, 7) is 11.8. The van der Waals surface area contributed by atoms with Gasteiger partial charge in [-0.25, -0.2) is 0 Å². The highest BCUT2D eigenvalue weighted by Gasteiger charge is 2.40. The monoisotopic (exact) mass is 386 g/mol. The maximum atomic E-state index is 13.2. The summed E-state index contributed by atoms with van der Waals surface area (Å²) >= 11 is 0. The molecule has 28 heavy (non-hydrogen) atoms. The molecule has 0 aromatic heterocycles. The van der Waals surface area contributed by atoms with Crippen LogP contribution in [-0.4, -0.2) is 54.4 Å². The van der Waals surface area contributed by atoms with Gasteiger partial charge in [0, 0.05) is 26.2 Å². The average molecular weight is 387 g/mol. The number of ether oxygens (including phenoxy) is 1. The molecule has 0 N–H and O–H groups in total. The fraction of sp³-hybridized carbons (Fsp3) is 0.652. The van der Waals surface area contributed by atoms with Crippen molar-refractivity contribution in [1.82, 2.24) is 9.80 Å².